The van der Waals surface area contributed by atoms with Crippen LogP contribution in [0.25, 0.3) is 0 Å². The molecule has 2 fully saturated rings. The first-order chi connectivity index (χ1) is 14.5. The molecule has 5 heteroatoms. The third kappa shape index (κ3) is 3.05. The summed E-state index contributed by atoms with van der Waals surface area (Å²) in [6.45, 7) is 1.95. The third-order valence-electron chi connectivity index (χ3n) is 6.68. The molecule has 0 radical (unpaired) electrons. The lowest BCUT2D eigenvalue weighted by Crippen LogP contribution is -2.49. The molecule has 3 amide bonds. The predicted molar refractivity (Wildman–Crippen MR) is 113 cm³/mol. The monoisotopic (exact) mass is 400 g/mol. The van der Waals surface area contributed by atoms with Gasteiger partial charge in [0.15, 0.2) is 0 Å². The first kappa shape index (κ1) is 18.8. The number of fused-ring (bicyclic) bond motifs is 5. The largest absolute Gasteiger partial charge is 0.324 e. The number of carbonyl (C=O) groups excluding carboxylic acids is 3. The van der Waals surface area contributed by atoms with Crippen molar-refractivity contribution < 1.29 is 14.4 Å². The Morgan fingerprint density at radius 1 is 1.00 bits per heavy atom. The number of rotatable bonds is 5. The molecule has 1 heterocycles. The molecule has 5 rings (SSSR count). The molecule has 2 aromatic rings. The Balaban J connectivity index is 1.46. The van der Waals surface area contributed by atoms with E-state index < -0.39 is 6.04 Å². The predicted octanol–water partition coefficient (Wildman–Crippen LogP) is 3.35. The molecular weight excluding hydrogens is 376 g/mol. The number of anilines is 1. The molecule has 1 saturated heterocycles. The number of benzene rings is 2. The highest BCUT2D eigenvalue weighted by Gasteiger charge is 2.61. The summed E-state index contributed by atoms with van der Waals surface area (Å²) in [6, 6.07) is 16.2. The van der Waals surface area contributed by atoms with Gasteiger partial charge >= 0.3 is 0 Å². The van der Waals surface area contributed by atoms with Gasteiger partial charge in [-0.2, -0.15) is 0 Å². The van der Waals surface area contributed by atoms with Crippen molar-refractivity contribution in [1.29, 1.82) is 0 Å². The van der Waals surface area contributed by atoms with E-state index in [0.717, 1.165) is 17.5 Å². The molecule has 152 valence electrons. The van der Waals surface area contributed by atoms with Gasteiger partial charge in [0.1, 0.15) is 6.04 Å². The van der Waals surface area contributed by atoms with Crippen molar-refractivity contribution in [3.63, 3.8) is 0 Å². The van der Waals surface area contributed by atoms with Gasteiger partial charge in [0.05, 0.1) is 11.8 Å². The minimum Gasteiger partial charge on any atom is -0.324 e. The fraction of sp³-hybridized carbons (Fsp3) is 0.320. The number of carbonyl (C=O) groups is 3. The number of imide groups is 1. The van der Waals surface area contributed by atoms with Gasteiger partial charge in [-0.15, -0.1) is 0 Å². The fourth-order valence-corrected chi connectivity index (χ4v) is 5.32. The number of nitrogens with one attached hydrogen (secondary N) is 1. The maximum absolute atomic E-state index is 13.3. The van der Waals surface area contributed by atoms with Crippen molar-refractivity contribution in [2.75, 3.05) is 5.32 Å². The molecule has 1 aliphatic heterocycles. The number of aryl methyl sites for hydroxylation is 1. The van der Waals surface area contributed by atoms with Crippen molar-refractivity contribution in [1.82, 2.24) is 4.90 Å². The number of amides is 3. The van der Waals surface area contributed by atoms with Crippen LogP contribution in [0.15, 0.2) is 66.7 Å². The standard InChI is InChI=1S/C25H24N2O3/c1-15-6-5-9-19(12-15)26-23(28)20(13-16-7-3-2-4-8-16)27-24(29)21-17-10-11-18(14-17)22(21)25(27)30/h2-12,17-18,20-22H,13-14H2,1H3,(H,26,28)/t17-,18-,20+,21-,22+/m0/s1. The Hall–Kier alpha value is -3.21. The average molecular weight is 400 g/mol. The summed E-state index contributed by atoms with van der Waals surface area (Å²) in [6.07, 6.45) is 5.32. The van der Waals surface area contributed by atoms with Crippen LogP contribution in [0.5, 0.6) is 0 Å². The molecule has 0 aromatic heterocycles. The van der Waals surface area contributed by atoms with E-state index in [1.807, 2.05) is 61.5 Å². The Kier molecular flexibility index (Phi) is 4.54. The minimum atomic E-state index is -0.863. The molecule has 2 bridgehead atoms. The maximum Gasteiger partial charge on any atom is 0.248 e. The number of nitrogens with zero attached hydrogens (tertiary/aromatic N) is 1. The lowest BCUT2D eigenvalue weighted by atomic mass is 9.85. The molecule has 1 saturated carbocycles. The number of hydrogen-bond donors (Lipinski definition) is 1. The van der Waals surface area contributed by atoms with Gasteiger partial charge in [-0.05, 0) is 48.4 Å². The highest BCUT2D eigenvalue weighted by atomic mass is 16.2. The van der Waals surface area contributed by atoms with Crippen LogP contribution >= 0.6 is 0 Å². The Bertz CT molecular complexity index is 1020. The van der Waals surface area contributed by atoms with E-state index in [2.05, 4.69) is 17.5 Å². The second-order valence-corrected chi connectivity index (χ2v) is 8.61. The minimum absolute atomic E-state index is 0.124. The van der Waals surface area contributed by atoms with Crippen LogP contribution in [0.2, 0.25) is 0 Å². The van der Waals surface area contributed by atoms with Crippen molar-refractivity contribution >= 4 is 23.4 Å². The number of likely N-dealkylation sites (tertiary alicyclic amines) is 1. The molecule has 2 aliphatic carbocycles. The SMILES string of the molecule is Cc1cccc(NC(=O)[C@@H](Cc2ccccc2)N2C(=O)[C@@H]3[C@H](C2=O)[C@H]2C=C[C@H]3C2)c1. The molecule has 0 unspecified atom stereocenters. The van der Waals surface area contributed by atoms with Gasteiger partial charge in [-0.1, -0.05) is 54.6 Å². The van der Waals surface area contributed by atoms with Gasteiger partial charge in [-0.25, -0.2) is 0 Å². The summed E-state index contributed by atoms with van der Waals surface area (Å²) in [7, 11) is 0. The zero-order valence-corrected chi connectivity index (χ0v) is 16.8. The molecule has 3 aliphatic rings. The first-order valence-corrected chi connectivity index (χ1v) is 10.5. The third-order valence-corrected chi connectivity index (χ3v) is 6.68. The van der Waals surface area contributed by atoms with E-state index in [1.165, 1.54) is 4.90 Å². The van der Waals surface area contributed by atoms with Crippen LogP contribution in [-0.2, 0) is 20.8 Å². The van der Waals surface area contributed by atoms with Gasteiger partial charge in [0, 0.05) is 12.1 Å². The summed E-state index contributed by atoms with van der Waals surface area (Å²) in [5.41, 5.74) is 2.61. The van der Waals surface area contributed by atoms with Crippen LogP contribution in [0.3, 0.4) is 0 Å². The Labute approximate surface area is 175 Å². The molecular formula is C25H24N2O3. The van der Waals surface area contributed by atoms with Crippen molar-refractivity contribution in [2.45, 2.75) is 25.8 Å². The second kappa shape index (κ2) is 7.24. The van der Waals surface area contributed by atoms with Crippen molar-refractivity contribution in [2.24, 2.45) is 23.7 Å². The lowest BCUT2D eigenvalue weighted by Gasteiger charge is -2.27. The van der Waals surface area contributed by atoms with Gasteiger partial charge < -0.3 is 5.32 Å². The van der Waals surface area contributed by atoms with Gasteiger partial charge in [0.25, 0.3) is 0 Å². The topological polar surface area (TPSA) is 66.5 Å². The van der Waals surface area contributed by atoms with Gasteiger partial charge in [-0.3, -0.25) is 19.3 Å². The molecule has 5 nitrogen and oxygen atoms in total. The molecule has 0 spiro atoms. The zero-order chi connectivity index (χ0) is 20.8. The highest BCUT2D eigenvalue weighted by Crippen LogP contribution is 2.53. The number of allylic oxidation sites excluding steroid dienone is 2. The van der Waals surface area contributed by atoms with Crippen LogP contribution in [0.4, 0.5) is 5.69 Å². The Morgan fingerprint density at radius 3 is 2.30 bits per heavy atom. The van der Waals surface area contributed by atoms with Crippen molar-refractivity contribution in [3.05, 3.63) is 77.9 Å². The lowest BCUT2D eigenvalue weighted by molar-refractivity contribution is -0.147. The molecule has 5 atom stereocenters. The number of hydrogen-bond acceptors (Lipinski definition) is 3. The maximum atomic E-state index is 13.3. The first-order valence-electron chi connectivity index (χ1n) is 10.5. The smallest absolute Gasteiger partial charge is 0.248 e. The van der Waals surface area contributed by atoms with Gasteiger partial charge in [0.2, 0.25) is 17.7 Å². The molecule has 1 N–H and O–H groups in total. The fourth-order valence-electron chi connectivity index (χ4n) is 5.32. The summed E-state index contributed by atoms with van der Waals surface area (Å²) < 4.78 is 0. The molecule has 30 heavy (non-hydrogen) atoms. The molecule has 2 aromatic carbocycles. The van der Waals surface area contributed by atoms with E-state index in [0.29, 0.717) is 12.1 Å². The average Bonchev–Trinajstić information content (AvgIpc) is 3.41. The van der Waals surface area contributed by atoms with Crippen LogP contribution < -0.4 is 5.32 Å². The zero-order valence-electron chi connectivity index (χ0n) is 16.8. The van der Waals surface area contributed by atoms with E-state index in [9.17, 15) is 14.4 Å². The van der Waals surface area contributed by atoms with Crippen LogP contribution in [0.1, 0.15) is 17.5 Å². The summed E-state index contributed by atoms with van der Waals surface area (Å²) in [5, 5.41) is 2.92. The van der Waals surface area contributed by atoms with Crippen LogP contribution in [-0.4, -0.2) is 28.7 Å². The highest BCUT2D eigenvalue weighted by molar-refractivity contribution is 6.11. The van der Waals surface area contributed by atoms with Crippen molar-refractivity contribution in [3.8, 4) is 0 Å². The van der Waals surface area contributed by atoms with E-state index in [-0.39, 0.29) is 41.4 Å². The van der Waals surface area contributed by atoms with E-state index in [1.54, 1.807) is 0 Å². The summed E-state index contributed by atoms with van der Waals surface area (Å²) in [5.74, 6) is -1.08. The summed E-state index contributed by atoms with van der Waals surface area (Å²) in [4.78, 5) is 41.2. The van der Waals surface area contributed by atoms with Crippen LogP contribution in [0, 0.1) is 30.6 Å². The van der Waals surface area contributed by atoms with E-state index >= 15 is 0 Å². The van der Waals surface area contributed by atoms with E-state index in [4.69, 9.17) is 0 Å². The second-order valence-electron chi connectivity index (χ2n) is 8.61. The quantitative estimate of drug-likeness (QED) is 0.618. The summed E-state index contributed by atoms with van der Waals surface area (Å²) >= 11 is 0. The normalized spacial score (nSPS) is 27.4. The Morgan fingerprint density at radius 2 is 1.67 bits per heavy atom.